The molecule has 0 aliphatic rings. The number of aromatic nitrogens is 1. The van der Waals surface area contributed by atoms with Gasteiger partial charge in [-0.15, -0.1) is 0 Å². The van der Waals surface area contributed by atoms with Crippen LogP contribution < -0.4 is 9.46 Å². The highest BCUT2D eigenvalue weighted by atomic mass is 79.9. The molecule has 8 heteroatoms. The molecule has 0 atom stereocenters. The molecule has 106 valence electrons. The SMILES string of the molecule is COc1cc(Cl)ccc1S(=O)(=O)Nc1cccnc1Br. The van der Waals surface area contributed by atoms with Gasteiger partial charge in [0.05, 0.1) is 12.8 Å². The molecule has 1 heterocycles. The van der Waals surface area contributed by atoms with Crippen LogP contribution in [0.4, 0.5) is 5.69 Å². The summed E-state index contributed by atoms with van der Waals surface area (Å²) in [4.78, 5) is 3.95. The van der Waals surface area contributed by atoms with E-state index in [1.807, 2.05) is 0 Å². The molecule has 0 radical (unpaired) electrons. The van der Waals surface area contributed by atoms with Gasteiger partial charge in [-0.3, -0.25) is 4.72 Å². The fourth-order valence-electron chi connectivity index (χ4n) is 1.53. The normalized spacial score (nSPS) is 11.2. The summed E-state index contributed by atoms with van der Waals surface area (Å²) in [5, 5.41) is 0.392. The number of nitrogens with zero attached hydrogens (tertiary/aromatic N) is 1. The van der Waals surface area contributed by atoms with Gasteiger partial charge in [0, 0.05) is 17.3 Å². The second-order valence-electron chi connectivity index (χ2n) is 3.74. The quantitative estimate of drug-likeness (QED) is 0.830. The van der Waals surface area contributed by atoms with Crippen molar-refractivity contribution in [3.05, 3.63) is 46.2 Å². The highest BCUT2D eigenvalue weighted by Gasteiger charge is 2.20. The third kappa shape index (κ3) is 3.23. The molecule has 0 aliphatic heterocycles. The van der Waals surface area contributed by atoms with Gasteiger partial charge in [-0.2, -0.15) is 0 Å². The van der Waals surface area contributed by atoms with Crippen LogP contribution in [0.25, 0.3) is 0 Å². The van der Waals surface area contributed by atoms with E-state index in [1.54, 1.807) is 18.3 Å². The Balaban J connectivity index is 2.44. The van der Waals surface area contributed by atoms with Gasteiger partial charge in [-0.25, -0.2) is 13.4 Å². The number of nitrogens with one attached hydrogen (secondary N) is 1. The Bertz CT molecular complexity index is 737. The molecule has 2 aromatic rings. The van der Waals surface area contributed by atoms with Crippen LogP contribution in [0.2, 0.25) is 5.02 Å². The van der Waals surface area contributed by atoms with Crippen molar-refractivity contribution in [1.29, 1.82) is 0 Å². The molecule has 0 bridgehead atoms. The van der Waals surface area contributed by atoms with Gasteiger partial charge in [-0.05, 0) is 40.2 Å². The van der Waals surface area contributed by atoms with Crippen LogP contribution in [0, 0.1) is 0 Å². The smallest absolute Gasteiger partial charge is 0.265 e. The van der Waals surface area contributed by atoms with E-state index in [1.165, 1.54) is 25.3 Å². The summed E-state index contributed by atoms with van der Waals surface area (Å²) in [5.41, 5.74) is 0.338. The van der Waals surface area contributed by atoms with Crippen molar-refractivity contribution in [2.24, 2.45) is 0 Å². The summed E-state index contributed by atoms with van der Waals surface area (Å²) < 4.78 is 32.6. The molecule has 1 aromatic heterocycles. The second-order valence-corrected chi connectivity index (χ2v) is 6.58. The fourth-order valence-corrected chi connectivity index (χ4v) is 3.39. The Hall–Kier alpha value is -1.31. The number of rotatable bonds is 4. The first-order chi connectivity index (χ1) is 9.44. The molecule has 1 N–H and O–H groups in total. The maximum Gasteiger partial charge on any atom is 0.265 e. The third-order valence-electron chi connectivity index (χ3n) is 2.42. The van der Waals surface area contributed by atoms with Gasteiger partial charge in [0.2, 0.25) is 0 Å². The summed E-state index contributed by atoms with van der Waals surface area (Å²) in [6.07, 6.45) is 1.55. The maximum atomic E-state index is 12.4. The van der Waals surface area contributed by atoms with Gasteiger partial charge in [-0.1, -0.05) is 11.6 Å². The number of benzene rings is 1. The van der Waals surface area contributed by atoms with Gasteiger partial charge in [0.15, 0.2) is 0 Å². The largest absolute Gasteiger partial charge is 0.495 e. The van der Waals surface area contributed by atoms with Crippen LogP contribution in [-0.2, 0) is 10.0 Å². The standard InChI is InChI=1S/C12H10BrClN2O3S/c1-19-10-7-8(14)4-5-11(10)20(17,18)16-9-3-2-6-15-12(9)13/h2-7,16H,1H3. The molecular formula is C12H10BrClN2O3S. The summed E-state index contributed by atoms with van der Waals surface area (Å²) in [6.45, 7) is 0. The maximum absolute atomic E-state index is 12.4. The molecule has 5 nitrogen and oxygen atoms in total. The number of halogens is 2. The van der Waals surface area contributed by atoms with Crippen molar-refractivity contribution >= 4 is 43.2 Å². The lowest BCUT2D eigenvalue weighted by atomic mass is 10.3. The molecule has 0 aliphatic carbocycles. The molecule has 0 unspecified atom stereocenters. The summed E-state index contributed by atoms with van der Waals surface area (Å²) in [7, 11) is -2.42. The van der Waals surface area contributed by atoms with Crippen LogP contribution in [0.1, 0.15) is 0 Å². The molecule has 2 rings (SSSR count). The molecule has 0 spiro atoms. The molecule has 20 heavy (non-hydrogen) atoms. The number of hydrogen-bond donors (Lipinski definition) is 1. The average Bonchev–Trinajstić information content (AvgIpc) is 2.40. The van der Waals surface area contributed by atoms with E-state index in [2.05, 4.69) is 25.6 Å². The Labute approximate surface area is 130 Å². The Kier molecular flexibility index (Phi) is 4.52. The molecule has 1 aromatic carbocycles. The van der Waals surface area contributed by atoms with Crippen molar-refractivity contribution in [1.82, 2.24) is 4.98 Å². The first-order valence-corrected chi connectivity index (χ1v) is 8.06. The Morgan fingerprint density at radius 1 is 1.35 bits per heavy atom. The van der Waals surface area contributed by atoms with Crippen molar-refractivity contribution in [3.8, 4) is 5.75 Å². The van der Waals surface area contributed by atoms with Crippen molar-refractivity contribution in [2.75, 3.05) is 11.8 Å². The monoisotopic (exact) mass is 376 g/mol. The number of anilines is 1. The number of methoxy groups -OCH3 is 1. The van der Waals surface area contributed by atoms with E-state index in [9.17, 15) is 8.42 Å². The Morgan fingerprint density at radius 3 is 2.75 bits per heavy atom. The lowest BCUT2D eigenvalue weighted by Gasteiger charge is -2.12. The van der Waals surface area contributed by atoms with Crippen LogP contribution in [0.15, 0.2) is 46.0 Å². The molecule has 0 amide bonds. The zero-order valence-corrected chi connectivity index (χ0v) is 13.5. The fraction of sp³-hybridized carbons (Fsp3) is 0.0833. The minimum atomic E-state index is -3.80. The van der Waals surface area contributed by atoms with Gasteiger partial charge < -0.3 is 4.74 Å². The zero-order chi connectivity index (χ0) is 14.8. The van der Waals surface area contributed by atoms with Crippen molar-refractivity contribution in [3.63, 3.8) is 0 Å². The topological polar surface area (TPSA) is 68.3 Å². The first kappa shape index (κ1) is 15.1. The van der Waals surface area contributed by atoms with Gasteiger partial charge in [0.1, 0.15) is 15.2 Å². The lowest BCUT2D eigenvalue weighted by Crippen LogP contribution is -2.14. The minimum Gasteiger partial charge on any atom is -0.495 e. The van der Waals surface area contributed by atoms with E-state index >= 15 is 0 Å². The molecule has 0 fully saturated rings. The van der Waals surface area contributed by atoms with E-state index in [-0.39, 0.29) is 10.6 Å². The summed E-state index contributed by atoms with van der Waals surface area (Å²) >= 11 is 9.00. The average molecular weight is 378 g/mol. The highest BCUT2D eigenvalue weighted by molar-refractivity contribution is 9.10. The van der Waals surface area contributed by atoms with Crippen LogP contribution in [-0.4, -0.2) is 20.5 Å². The Morgan fingerprint density at radius 2 is 2.10 bits per heavy atom. The highest BCUT2D eigenvalue weighted by Crippen LogP contribution is 2.30. The van der Waals surface area contributed by atoms with Gasteiger partial charge in [0.25, 0.3) is 10.0 Å². The lowest BCUT2D eigenvalue weighted by molar-refractivity contribution is 0.403. The van der Waals surface area contributed by atoms with E-state index in [0.29, 0.717) is 15.3 Å². The van der Waals surface area contributed by atoms with Crippen LogP contribution >= 0.6 is 27.5 Å². The van der Waals surface area contributed by atoms with E-state index in [4.69, 9.17) is 16.3 Å². The van der Waals surface area contributed by atoms with Crippen molar-refractivity contribution in [2.45, 2.75) is 4.90 Å². The number of pyridine rings is 1. The number of hydrogen-bond acceptors (Lipinski definition) is 4. The van der Waals surface area contributed by atoms with Crippen molar-refractivity contribution < 1.29 is 13.2 Å². The second kappa shape index (κ2) is 5.99. The van der Waals surface area contributed by atoms with Gasteiger partial charge >= 0.3 is 0 Å². The zero-order valence-electron chi connectivity index (χ0n) is 10.3. The van der Waals surface area contributed by atoms with E-state index < -0.39 is 10.0 Å². The predicted molar refractivity (Wildman–Crippen MR) is 80.7 cm³/mol. The predicted octanol–water partition coefficient (Wildman–Crippen LogP) is 3.31. The number of ether oxygens (including phenoxy) is 1. The summed E-state index contributed by atoms with van der Waals surface area (Å²) in [5.74, 6) is 0.171. The molecular weight excluding hydrogens is 368 g/mol. The molecule has 0 saturated carbocycles. The molecule has 0 saturated heterocycles. The van der Waals surface area contributed by atoms with Crippen LogP contribution in [0.3, 0.4) is 0 Å². The third-order valence-corrected chi connectivity index (χ3v) is 4.69. The minimum absolute atomic E-state index is 0.000142. The number of sulfonamides is 1. The first-order valence-electron chi connectivity index (χ1n) is 5.41. The van der Waals surface area contributed by atoms with Crippen LogP contribution in [0.5, 0.6) is 5.75 Å². The van der Waals surface area contributed by atoms with E-state index in [0.717, 1.165) is 0 Å². The summed E-state index contributed by atoms with van der Waals surface area (Å²) in [6, 6.07) is 7.53.